The van der Waals surface area contributed by atoms with Crippen LogP contribution in [0.1, 0.15) is 36.8 Å². The number of piperidine rings is 1. The molecule has 2 aromatic carbocycles. The van der Waals surface area contributed by atoms with Crippen LogP contribution in [0.2, 0.25) is 0 Å². The van der Waals surface area contributed by atoms with Crippen molar-refractivity contribution in [1.82, 2.24) is 10.2 Å². The van der Waals surface area contributed by atoms with E-state index in [1.165, 1.54) is 12.1 Å². The van der Waals surface area contributed by atoms with Crippen LogP contribution < -0.4 is 10.1 Å². The van der Waals surface area contributed by atoms with E-state index in [-0.39, 0.29) is 17.5 Å². The standard InChI is InChI=1S/C23H27F3N2O2/c24-20-6-1-18(2-7-20)15-27-22(29)10-5-17-11-13-28(14-12-17)16-19-3-8-21(9-4-19)30-23(25)26/h1-4,6-9,17,23H,5,10-16H2,(H,27,29). The van der Waals surface area contributed by atoms with E-state index in [9.17, 15) is 18.0 Å². The number of rotatable bonds is 9. The van der Waals surface area contributed by atoms with Gasteiger partial charge in [0.2, 0.25) is 5.91 Å². The highest BCUT2D eigenvalue weighted by atomic mass is 19.3. The Morgan fingerprint density at radius 2 is 1.67 bits per heavy atom. The van der Waals surface area contributed by atoms with Crippen molar-refractivity contribution in [3.8, 4) is 5.75 Å². The first-order chi connectivity index (χ1) is 14.5. The summed E-state index contributed by atoms with van der Waals surface area (Å²) in [5, 5.41) is 2.89. The van der Waals surface area contributed by atoms with Crippen molar-refractivity contribution in [3.05, 3.63) is 65.5 Å². The van der Waals surface area contributed by atoms with Crippen LogP contribution >= 0.6 is 0 Å². The Morgan fingerprint density at radius 3 is 2.30 bits per heavy atom. The van der Waals surface area contributed by atoms with Gasteiger partial charge in [-0.05, 0) is 73.7 Å². The zero-order valence-corrected chi connectivity index (χ0v) is 16.8. The Labute approximate surface area is 175 Å². The summed E-state index contributed by atoms with van der Waals surface area (Å²) in [5.74, 6) is 0.437. The summed E-state index contributed by atoms with van der Waals surface area (Å²) < 4.78 is 41.7. The third-order valence-electron chi connectivity index (χ3n) is 5.44. The maximum atomic E-state index is 12.9. The lowest BCUT2D eigenvalue weighted by molar-refractivity contribution is -0.121. The van der Waals surface area contributed by atoms with Crippen LogP contribution in [0.25, 0.3) is 0 Å². The van der Waals surface area contributed by atoms with Gasteiger partial charge in [0.1, 0.15) is 11.6 Å². The fourth-order valence-electron chi connectivity index (χ4n) is 3.69. The fourth-order valence-corrected chi connectivity index (χ4v) is 3.69. The number of alkyl halides is 2. The monoisotopic (exact) mass is 420 g/mol. The lowest BCUT2D eigenvalue weighted by Crippen LogP contribution is -2.33. The predicted octanol–water partition coefficient (Wildman–Crippen LogP) is 4.74. The number of carbonyl (C=O) groups is 1. The number of benzene rings is 2. The van der Waals surface area contributed by atoms with Gasteiger partial charge in [0, 0.05) is 19.5 Å². The molecular weight excluding hydrogens is 393 g/mol. The number of likely N-dealkylation sites (tertiary alicyclic amines) is 1. The molecule has 7 heteroatoms. The molecule has 0 bridgehead atoms. The number of carbonyl (C=O) groups excluding carboxylic acids is 1. The Bertz CT molecular complexity index is 789. The van der Waals surface area contributed by atoms with Crippen molar-refractivity contribution >= 4 is 5.91 Å². The zero-order valence-electron chi connectivity index (χ0n) is 16.8. The van der Waals surface area contributed by atoms with Gasteiger partial charge in [0.05, 0.1) is 0 Å². The van der Waals surface area contributed by atoms with Crippen molar-refractivity contribution in [2.75, 3.05) is 13.1 Å². The molecule has 4 nitrogen and oxygen atoms in total. The SMILES string of the molecule is O=C(CCC1CCN(Cc2ccc(OC(F)F)cc2)CC1)NCc1ccc(F)cc1. The van der Waals surface area contributed by atoms with Crippen LogP contribution in [0.3, 0.4) is 0 Å². The van der Waals surface area contributed by atoms with E-state index in [1.807, 2.05) is 12.1 Å². The summed E-state index contributed by atoms with van der Waals surface area (Å²) in [7, 11) is 0. The second-order valence-corrected chi connectivity index (χ2v) is 7.68. The van der Waals surface area contributed by atoms with Gasteiger partial charge in [-0.1, -0.05) is 24.3 Å². The molecule has 0 aromatic heterocycles. The average molecular weight is 420 g/mol. The molecule has 30 heavy (non-hydrogen) atoms. The third kappa shape index (κ3) is 7.37. The van der Waals surface area contributed by atoms with Crippen LogP contribution in [-0.4, -0.2) is 30.5 Å². The molecule has 0 unspecified atom stereocenters. The van der Waals surface area contributed by atoms with E-state index in [0.29, 0.717) is 18.9 Å². The summed E-state index contributed by atoms with van der Waals surface area (Å²) >= 11 is 0. The molecule has 1 aliphatic heterocycles. The van der Waals surface area contributed by atoms with Crippen LogP contribution in [0, 0.1) is 11.7 Å². The first kappa shape index (κ1) is 22.2. The minimum Gasteiger partial charge on any atom is -0.435 e. The van der Waals surface area contributed by atoms with E-state index >= 15 is 0 Å². The van der Waals surface area contributed by atoms with Gasteiger partial charge in [-0.25, -0.2) is 4.39 Å². The van der Waals surface area contributed by atoms with Gasteiger partial charge in [-0.3, -0.25) is 9.69 Å². The molecule has 1 N–H and O–H groups in total. The lowest BCUT2D eigenvalue weighted by atomic mass is 9.92. The number of hydrogen-bond donors (Lipinski definition) is 1. The number of amides is 1. The number of ether oxygens (including phenoxy) is 1. The highest BCUT2D eigenvalue weighted by molar-refractivity contribution is 5.75. The van der Waals surface area contributed by atoms with Crippen molar-refractivity contribution in [2.45, 2.75) is 45.4 Å². The van der Waals surface area contributed by atoms with E-state index in [4.69, 9.17) is 0 Å². The molecule has 1 fully saturated rings. The van der Waals surface area contributed by atoms with Crippen LogP contribution in [-0.2, 0) is 17.9 Å². The summed E-state index contributed by atoms with van der Waals surface area (Å²) in [6, 6.07) is 12.9. The second-order valence-electron chi connectivity index (χ2n) is 7.68. The molecule has 1 aliphatic rings. The molecule has 162 valence electrons. The zero-order chi connectivity index (χ0) is 21.3. The number of nitrogens with zero attached hydrogens (tertiary/aromatic N) is 1. The minimum absolute atomic E-state index is 0.0212. The molecule has 3 rings (SSSR count). The normalized spacial score (nSPS) is 15.3. The highest BCUT2D eigenvalue weighted by Crippen LogP contribution is 2.24. The van der Waals surface area contributed by atoms with E-state index in [1.54, 1.807) is 24.3 Å². The van der Waals surface area contributed by atoms with Crippen molar-refractivity contribution in [2.24, 2.45) is 5.92 Å². The van der Waals surface area contributed by atoms with Crippen LogP contribution in [0.15, 0.2) is 48.5 Å². The lowest BCUT2D eigenvalue weighted by Gasteiger charge is -2.32. The van der Waals surface area contributed by atoms with Gasteiger partial charge in [0.25, 0.3) is 0 Å². The van der Waals surface area contributed by atoms with Crippen molar-refractivity contribution in [3.63, 3.8) is 0 Å². The molecule has 0 atom stereocenters. The molecule has 0 radical (unpaired) electrons. The molecule has 0 aliphatic carbocycles. The minimum atomic E-state index is -2.81. The van der Waals surface area contributed by atoms with Crippen molar-refractivity contribution < 1.29 is 22.7 Å². The second kappa shape index (κ2) is 11.0. The van der Waals surface area contributed by atoms with E-state index < -0.39 is 6.61 Å². The molecule has 1 heterocycles. The van der Waals surface area contributed by atoms with E-state index in [2.05, 4.69) is 15.0 Å². The quantitative estimate of drug-likeness (QED) is 0.637. The first-order valence-corrected chi connectivity index (χ1v) is 10.2. The molecule has 1 amide bonds. The Morgan fingerprint density at radius 1 is 1.03 bits per heavy atom. The molecule has 2 aromatic rings. The summed E-state index contributed by atoms with van der Waals surface area (Å²) in [6.07, 6.45) is 3.44. The van der Waals surface area contributed by atoms with Crippen LogP contribution in [0.5, 0.6) is 5.75 Å². The summed E-state index contributed by atoms with van der Waals surface area (Å²) in [5.41, 5.74) is 1.95. The topological polar surface area (TPSA) is 41.6 Å². The molecule has 1 saturated heterocycles. The Kier molecular flexibility index (Phi) is 8.13. The highest BCUT2D eigenvalue weighted by Gasteiger charge is 2.20. The average Bonchev–Trinajstić information content (AvgIpc) is 2.74. The maximum absolute atomic E-state index is 12.9. The van der Waals surface area contributed by atoms with Gasteiger partial charge in [0.15, 0.2) is 0 Å². The largest absolute Gasteiger partial charge is 0.435 e. The smallest absolute Gasteiger partial charge is 0.387 e. The van der Waals surface area contributed by atoms with Crippen molar-refractivity contribution in [1.29, 1.82) is 0 Å². The number of nitrogens with one attached hydrogen (secondary N) is 1. The summed E-state index contributed by atoms with van der Waals surface area (Å²) in [6.45, 7) is 0.298. The number of halogens is 3. The van der Waals surface area contributed by atoms with Gasteiger partial charge in [-0.15, -0.1) is 0 Å². The summed E-state index contributed by atoms with van der Waals surface area (Å²) in [4.78, 5) is 14.4. The molecular formula is C23H27F3N2O2. The molecule has 0 spiro atoms. The van der Waals surface area contributed by atoms with E-state index in [0.717, 1.165) is 50.0 Å². The van der Waals surface area contributed by atoms with Gasteiger partial charge >= 0.3 is 6.61 Å². The maximum Gasteiger partial charge on any atom is 0.387 e. The van der Waals surface area contributed by atoms with Crippen LogP contribution in [0.4, 0.5) is 13.2 Å². The third-order valence-corrected chi connectivity index (χ3v) is 5.44. The fraction of sp³-hybridized carbons (Fsp3) is 0.435. The Balaban J connectivity index is 1.32. The van der Waals surface area contributed by atoms with Gasteiger partial charge in [-0.2, -0.15) is 8.78 Å². The van der Waals surface area contributed by atoms with Gasteiger partial charge < -0.3 is 10.1 Å². The first-order valence-electron chi connectivity index (χ1n) is 10.2. The number of hydrogen-bond acceptors (Lipinski definition) is 3. The Hall–Kier alpha value is -2.54. The molecule has 0 saturated carbocycles. The predicted molar refractivity (Wildman–Crippen MR) is 109 cm³/mol.